The minimum Gasteiger partial charge on any atom is -0.481 e. The highest BCUT2D eigenvalue weighted by Gasteiger charge is 2.06. The maximum Gasteiger partial charge on any atom is 0.221 e. The molecule has 5 heteroatoms. The fourth-order valence-corrected chi connectivity index (χ4v) is 1.47. The summed E-state index contributed by atoms with van der Waals surface area (Å²) in [6, 6.07) is 7.44. The van der Waals surface area contributed by atoms with Crippen molar-refractivity contribution in [3.63, 3.8) is 0 Å². The molecule has 0 radical (unpaired) electrons. The molecule has 17 heavy (non-hydrogen) atoms. The van der Waals surface area contributed by atoms with Crippen LogP contribution >= 0.6 is 0 Å². The van der Waals surface area contributed by atoms with Gasteiger partial charge in [-0.05, 0) is 31.2 Å². The van der Waals surface area contributed by atoms with Crippen LogP contribution in [0.2, 0.25) is 0 Å². The summed E-state index contributed by atoms with van der Waals surface area (Å²) in [6.45, 7) is 1.90. The number of hydrogen-bond acceptors (Lipinski definition) is 5. The van der Waals surface area contributed by atoms with E-state index in [9.17, 15) is 0 Å². The molecular formula is C12H14N4O. The van der Waals surface area contributed by atoms with Crippen molar-refractivity contribution in [2.45, 2.75) is 6.92 Å². The zero-order chi connectivity index (χ0) is 12.3. The number of rotatable bonds is 3. The molecule has 0 atom stereocenters. The molecule has 0 bridgehead atoms. The lowest BCUT2D eigenvalue weighted by Gasteiger charge is -2.10. The van der Waals surface area contributed by atoms with Crippen molar-refractivity contribution < 1.29 is 4.74 Å². The summed E-state index contributed by atoms with van der Waals surface area (Å²) in [6.07, 6.45) is 1.46. The van der Waals surface area contributed by atoms with Crippen LogP contribution in [0.3, 0.4) is 0 Å². The number of ether oxygens (including phenoxy) is 1. The minimum atomic E-state index is 0.568. The lowest BCUT2D eigenvalue weighted by atomic mass is 10.2. The van der Waals surface area contributed by atoms with Crippen molar-refractivity contribution in [3.8, 4) is 5.88 Å². The molecular weight excluding hydrogens is 216 g/mol. The van der Waals surface area contributed by atoms with Gasteiger partial charge in [-0.25, -0.2) is 9.97 Å². The van der Waals surface area contributed by atoms with Crippen molar-refractivity contribution in [2.24, 2.45) is 0 Å². The van der Waals surface area contributed by atoms with Gasteiger partial charge in [0, 0.05) is 11.4 Å². The summed E-state index contributed by atoms with van der Waals surface area (Å²) in [7, 11) is 1.59. The van der Waals surface area contributed by atoms with E-state index >= 15 is 0 Å². The smallest absolute Gasteiger partial charge is 0.221 e. The molecule has 0 fully saturated rings. The van der Waals surface area contributed by atoms with E-state index in [0.29, 0.717) is 5.88 Å². The third-order valence-electron chi connectivity index (χ3n) is 2.40. The van der Waals surface area contributed by atoms with E-state index < -0.39 is 0 Å². The number of nitrogens with zero attached hydrogens (tertiary/aromatic N) is 2. The summed E-state index contributed by atoms with van der Waals surface area (Å²) >= 11 is 0. The summed E-state index contributed by atoms with van der Waals surface area (Å²) in [4.78, 5) is 8.19. The van der Waals surface area contributed by atoms with Crippen LogP contribution in [0.25, 0.3) is 0 Å². The van der Waals surface area contributed by atoms with E-state index in [0.717, 1.165) is 22.8 Å². The zero-order valence-electron chi connectivity index (χ0n) is 9.77. The minimum absolute atomic E-state index is 0.568. The first-order valence-electron chi connectivity index (χ1n) is 5.19. The SMILES string of the molecule is COc1ncnc(Nc2ccc(N)cc2)c1C. The second-order valence-corrected chi connectivity index (χ2v) is 3.60. The standard InChI is InChI=1S/C12H14N4O/c1-8-11(14-7-15-12(8)17-2)16-10-5-3-9(13)4-6-10/h3-7H,13H2,1-2H3,(H,14,15,16). The van der Waals surface area contributed by atoms with Crippen molar-refractivity contribution >= 4 is 17.2 Å². The molecule has 0 spiro atoms. The number of nitrogens with one attached hydrogen (secondary N) is 1. The van der Waals surface area contributed by atoms with Gasteiger partial charge in [0.05, 0.1) is 12.7 Å². The Bertz CT molecular complexity index is 510. The molecule has 2 rings (SSSR count). The van der Waals surface area contributed by atoms with E-state index in [2.05, 4.69) is 15.3 Å². The Hall–Kier alpha value is -2.30. The molecule has 0 saturated carbocycles. The molecule has 0 aliphatic heterocycles. The van der Waals surface area contributed by atoms with Crippen LogP contribution in [0.5, 0.6) is 5.88 Å². The Balaban J connectivity index is 2.27. The highest BCUT2D eigenvalue weighted by Crippen LogP contribution is 2.23. The van der Waals surface area contributed by atoms with Crippen molar-refractivity contribution in [1.29, 1.82) is 0 Å². The quantitative estimate of drug-likeness (QED) is 0.790. The van der Waals surface area contributed by atoms with Gasteiger partial charge in [-0.3, -0.25) is 0 Å². The zero-order valence-corrected chi connectivity index (χ0v) is 9.77. The number of nitrogens with two attached hydrogens (primary N) is 1. The molecule has 0 unspecified atom stereocenters. The average molecular weight is 230 g/mol. The van der Waals surface area contributed by atoms with E-state index in [-0.39, 0.29) is 0 Å². The summed E-state index contributed by atoms with van der Waals surface area (Å²) in [5.74, 6) is 1.29. The molecule has 0 aliphatic carbocycles. The highest BCUT2D eigenvalue weighted by molar-refractivity contribution is 5.62. The number of benzene rings is 1. The highest BCUT2D eigenvalue weighted by atomic mass is 16.5. The Labute approximate surface area is 99.7 Å². The van der Waals surface area contributed by atoms with Crippen LogP contribution in [0.15, 0.2) is 30.6 Å². The van der Waals surface area contributed by atoms with Crippen molar-refractivity contribution in [3.05, 3.63) is 36.2 Å². The molecule has 0 saturated heterocycles. The third kappa shape index (κ3) is 2.44. The van der Waals surface area contributed by atoms with Gasteiger partial charge in [-0.1, -0.05) is 0 Å². The Morgan fingerprint density at radius 2 is 1.88 bits per heavy atom. The molecule has 1 aromatic heterocycles. The van der Waals surface area contributed by atoms with Crippen LogP contribution in [0.4, 0.5) is 17.2 Å². The van der Waals surface area contributed by atoms with Gasteiger partial charge in [0.15, 0.2) is 0 Å². The molecule has 5 nitrogen and oxygen atoms in total. The van der Waals surface area contributed by atoms with Crippen LogP contribution < -0.4 is 15.8 Å². The van der Waals surface area contributed by atoms with Crippen LogP contribution in [-0.2, 0) is 0 Å². The first kappa shape index (κ1) is 11.2. The van der Waals surface area contributed by atoms with E-state index in [1.807, 2.05) is 31.2 Å². The normalized spacial score (nSPS) is 10.0. The van der Waals surface area contributed by atoms with Gasteiger partial charge >= 0.3 is 0 Å². The fourth-order valence-electron chi connectivity index (χ4n) is 1.47. The number of anilines is 3. The topological polar surface area (TPSA) is 73.1 Å². The van der Waals surface area contributed by atoms with E-state index in [4.69, 9.17) is 10.5 Å². The molecule has 1 aromatic carbocycles. The lowest BCUT2D eigenvalue weighted by Crippen LogP contribution is -2.00. The van der Waals surface area contributed by atoms with E-state index in [1.54, 1.807) is 7.11 Å². The molecule has 1 heterocycles. The summed E-state index contributed by atoms with van der Waals surface area (Å²) in [5, 5.41) is 3.19. The van der Waals surface area contributed by atoms with Gasteiger partial charge < -0.3 is 15.8 Å². The predicted molar refractivity (Wildman–Crippen MR) is 67.5 cm³/mol. The van der Waals surface area contributed by atoms with E-state index in [1.165, 1.54) is 6.33 Å². The first-order valence-corrected chi connectivity index (χ1v) is 5.19. The maximum atomic E-state index is 5.62. The molecule has 0 amide bonds. The van der Waals surface area contributed by atoms with Gasteiger partial charge in [-0.15, -0.1) is 0 Å². The Kier molecular flexibility index (Phi) is 3.09. The Morgan fingerprint density at radius 3 is 2.53 bits per heavy atom. The number of methoxy groups -OCH3 is 1. The van der Waals surface area contributed by atoms with Gasteiger partial charge in [0.1, 0.15) is 12.1 Å². The van der Waals surface area contributed by atoms with Crippen LogP contribution in [-0.4, -0.2) is 17.1 Å². The largest absolute Gasteiger partial charge is 0.481 e. The summed E-state index contributed by atoms with van der Waals surface area (Å²) in [5.41, 5.74) is 8.14. The van der Waals surface area contributed by atoms with Crippen LogP contribution in [0.1, 0.15) is 5.56 Å². The maximum absolute atomic E-state index is 5.62. The van der Waals surface area contributed by atoms with Gasteiger partial charge in [-0.2, -0.15) is 0 Å². The molecule has 88 valence electrons. The van der Waals surface area contributed by atoms with Gasteiger partial charge in [0.2, 0.25) is 5.88 Å². The second kappa shape index (κ2) is 4.69. The fraction of sp³-hybridized carbons (Fsp3) is 0.167. The van der Waals surface area contributed by atoms with Crippen LogP contribution in [0, 0.1) is 6.92 Å². The number of hydrogen-bond donors (Lipinski definition) is 2. The van der Waals surface area contributed by atoms with Gasteiger partial charge in [0.25, 0.3) is 0 Å². The van der Waals surface area contributed by atoms with Crippen molar-refractivity contribution in [2.75, 3.05) is 18.2 Å². The predicted octanol–water partition coefficient (Wildman–Crippen LogP) is 2.12. The monoisotopic (exact) mass is 230 g/mol. The molecule has 2 aromatic rings. The Morgan fingerprint density at radius 1 is 1.18 bits per heavy atom. The number of aromatic nitrogens is 2. The first-order chi connectivity index (χ1) is 8.20. The summed E-state index contributed by atoms with van der Waals surface area (Å²) < 4.78 is 5.13. The van der Waals surface area contributed by atoms with Crippen molar-refractivity contribution in [1.82, 2.24) is 9.97 Å². The lowest BCUT2D eigenvalue weighted by molar-refractivity contribution is 0.394. The third-order valence-corrected chi connectivity index (χ3v) is 2.40. The molecule has 3 N–H and O–H groups in total. The average Bonchev–Trinajstić information content (AvgIpc) is 2.35. The second-order valence-electron chi connectivity index (χ2n) is 3.60. The number of nitrogen functional groups attached to an aromatic ring is 1. The molecule has 0 aliphatic rings.